The lowest BCUT2D eigenvalue weighted by atomic mass is 9.81. The molecule has 64 heavy (non-hydrogen) atoms. The summed E-state index contributed by atoms with van der Waals surface area (Å²) >= 11 is 1.57. The molecule has 2 aliphatic heterocycles. The number of nitrogens with two attached hydrogens (primary N) is 2. The average molecular weight is 921 g/mol. The SMILES string of the molecule is CC[C@H]1OC(OC(C)=O)[C@H](OC(=O)c2ccccc2)C1(C)C.CC[C@H]1O[C@@H](n2c(=O)sc3c(=O)[nH]c(N)nc32)[C@H](OC(=O)c2ccccc2)C1(C)C.Nc1nc2[nH]c(=O)sc2c(=O)[nH]1. The van der Waals surface area contributed by atoms with Gasteiger partial charge in [0.2, 0.25) is 18.2 Å². The van der Waals surface area contributed by atoms with Crippen molar-refractivity contribution in [3.05, 3.63) is 112 Å². The third-order valence-electron chi connectivity index (χ3n) is 10.8. The van der Waals surface area contributed by atoms with Gasteiger partial charge in [0.25, 0.3) is 11.1 Å². The summed E-state index contributed by atoms with van der Waals surface area (Å²) in [7, 11) is 0. The number of aromatic amines is 3. The molecular formula is C42H48N8O12S2. The van der Waals surface area contributed by atoms with Crippen molar-refractivity contribution in [3.63, 3.8) is 0 Å². The van der Waals surface area contributed by atoms with E-state index in [2.05, 4.69) is 24.9 Å². The minimum atomic E-state index is -0.937. The molecule has 6 aromatic rings. The summed E-state index contributed by atoms with van der Waals surface area (Å²) in [6.07, 6.45) is -2.28. The summed E-state index contributed by atoms with van der Waals surface area (Å²) in [6, 6.07) is 17.3. The summed E-state index contributed by atoms with van der Waals surface area (Å²) < 4.78 is 30.3. The zero-order chi connectivity index (χ0) is 46.7. The van der Waals surface area contributed by atoms with E-state index in [9.17, 15) is 33.6 Å². The lowest BCUT2D eigenvalue weighted by Crippen LogP contribution is -2.40. The van der Waals surface area contributed by atoms with E-state index in [1.165, 1.54) is 11.5 Å². The first kappa shape index (κ1) is 47.0. The van der Waals surface area contributed by atoms with Gasteiger partial charge >= 0.3 is 27.7 Å². The van der Waals surface area contributed by atoms with Crippen molar-refractivity contribution in [1.29, 1.82) is 0 Å². The molecule has 2 aliphatic rings. The van der Waals surface area contributed by atoms with Gasteiger partial charge in [0.05, 0.1) is 23.3 Å². The largest absolute Gasteiger partial charge is 0.453 e. The first-order valence-corrected chi connectivity index (χ1v) is 21.7. The van der Waals surface area contributed by atoms with Crippen molar-refractivity contribution >= 4 is 73.2 Å². The second-order valence-electron chi connectivity index (χ2n) is 15.9. The molecule has 0 amide bonds. The highest BCUT2D eigenvalue weighted by Crippen LogP contribution is 2.47. The van der Waals surface area contributed by atoms with Gasteiger partial charge in [0, 0.05) is 17.8 Å². The van der Waals surface area contributed by atoms with E-state index in [1.807, 2.05) is 47.6 Å². The van der Waals surface area contributed by atoms with Crippen LogP contribution in [-0.4, -0.2) is 78.1 Å². The zero-order valence-electron chi connectivity index (χ0n) is 35.9. The molecule has 20 nitrogen and oxygen atoms in total. The Kier molecular flexibility index (Phi) is 14.0. The maximum absolute atomic E-state index is 12.8. The number of ether oxygens (including phenoxy) is 5. The van der Waals surface area contributed by atoms with Gasteiger partial charge in [0.1, 0.15) is 9.40 Å². The van der Waals surface area contributed by atoms with Gasteiger partial charge in [-0.05, 0) is 37.1 Å². The Hall–Kier alpha value is -6.49. The number of aromatic nitrogens is 6. The van der Waals surface area contributed by atoms with Crippen LogP contribution in [0.25, 0.3) is 20.7 Å². The van der Waals surface area contributed by atoms with Gasteiger partial charge in [0.15, 0.2) is 29.7 Å². The Morgan fingerprint density at radius 2 is 1.20 bits per heavy atom. The predicted molar refractivity (Wildman–Crippen MR) is 238 cm³/mol. The van der Waals surface area contributed by atoms with Crippen molar-refractivity contribution in [2.75, 3.05) is 11.5 Å². The number of fused-ring (bicyclic) bond motifs is 2. The van der Waals surface area contributed by atoms with Crippen LogP contribution in [0, 0.1) is 10.8 Å². The summed E-state index contributed by atoms with van der Waals surface area (Å²) in [5.74, 6) is -1.53. The molecule has 340 valence electrons. The summed E-state index contributed by atoms with van der Waals surface area (Å²) in [5.41, 5.74) is 10.2. The van der Waals surface area contributed by atoms with E-state index < -0.39 is 63.9 Å². The van der Waals surface area contributed by atoms with E-state index in [-0.39, 0.29) is 55.2 Å². The van der Waals surface area contributed by atoms with E-state index in [0.717, 1.165) is 29.1 Å². The summed E-state index contributed by atoms with van der Waals surface area (Å²) in [4.78, 5) is 97.5. The second-order valence-corrected chi connectivity index (χ2v) is 17.9. The normalized spacial score (nSPS) is 21.9. The Morgan fingerprint density at radius 3 is 1.75 bits per heavy atom. The van der Waals surface area contributed by atoms with Crippen molar-refractivity contribution in [2.45, 2.75) is 98.2 Å². The quantitative estimate of drug-likeness (QED) is 0.104. The van der Waals surface area contributed by atoms with Crippen LogP contribution >= 0.6 is 22.7 Å². The molecule has 6 heterocycles. The molecule has 0 bridgehead atoms. The van der Waals surface area contributed by atoms with Crippen LogP contribution in [0.1, 0.15) is 88.3 Å². The van der Waals surface area contributed by atoms with Crippen molar-refractivity contribution < 1.29 is 38.1 Å². The van der Waals surface area contributed by atoms with Crippen LogP contribution in [-0.2, 0) is 28.5 Å². The van der Waals surface area contributed by atoms with E-state index in [4.69, 9.17) is 35.2 Å². The first-order chi connectivity index (χ1) is 30.3. The third kappa shape index (κ3) is 9.83. The minimum absolute atomic E-state index is 0.00144. The van der Waals surface area contributed by atoms with Crippen LogP contribution in [0.3, 0.4) is 0 Å². The number of thiazole rings is 2. The number of H-pyrrole nitrogens is 3. The average Bonchev–Trinajstić information content (AvgIpc) is 3.93. The topological polar surface area (TPSA) is 296 Å². The molecule has 1 unspecified atom stereocenters. The molecule has 2 aromatic carbocycles. The van der Waals surface area contributed by atoms with E-state index in [1.54, 1.807) is 54.6 Å². The maximum atomic E-state index is 12.8. The number of carbonyl (C=O) groups excluding carboxylic acids is 3. The minimum Gasteiger partial charge on any atom is -0.453 e. The van der Waals surface area contributed by atoms with Crippen LogP contribution < -0.4 is 32.3 Å². The Morgan fingerprint density at radius 1 is 0.703 bits per heavy atom. The molecule has 7 N–H and O–H groups in total. The Labute approximate surface area is 371 Å². The number of hydrogen-bond donors (Lipinski definition) is 5. The van der Waals surface area contributed by atoms with Crippen molar-refractivity contribution in [3.8, 4) is 0 Å². The number of benzene rings is 2. The first-order valence-electron chi connectivity index (χ1n) is 20.1. The highest BCUT2D eigenvalue weighted by Gasteiger charge is 2.55. The molecule has 6 atom stereocenters. The molecule has 0 spiro atoms. The Balaban J connectivity index is 0.000000174. The lowest BCUT2D eigenvalue weighted by molar-refractivity contribution is -0.186. The summed E-state index contributed by atoms with van der Waals surface area (Å²) in [6.45, 7) is 13.0. The van der Waals surface area contributed by atoms with E-state index in [0.29, 0.717) is 17.5 Å². The number of nitrogens with one attached hydrogen (secondary N) is 3. The molecule has 2 saturated heterocycles. The number of esters is 3. The molecule has 8 rings (SSSR count). The number of hydrogen-bond acceptors (Lipinski definition) is 18. The van der Waals surface area contributed by atoms with Gasteiger partial charge < -0.3 is 35.2 Å². The fourth-order valence-corrected chi connectivity index (χ4v) is 9.09. The standard InChI is InChI=1S/C20H22N4O5S.C17H22O5.C5H4N4O2S/c1-4-11-20(2,3)13(29-17(26)10-8-6-5-7-9-10)16(28-11)24-14-12(30-19(24)27)15(25)23-18(21)22-14;1-5-13-17(3,4)14(16(21-13)20-11(2)18)22-15(19)12-9-7-6-8-10-12;6-4-7-2-1(3(10)9-4)12-5(11)8-2/h5-9,11,13,16H,4H2,1-3H3,(H3,21,22,23,25);6-10,13-14,16H,5H2,1-4H3;(H4,6,7,8,9,10,11)/t11-,13+,16-;13-,14+,16?;/m11./s1. The number of nitrogens with zero attached hydrogens (tertiary/aromatic N) is 3. The molecule has 0 aliphatic carbocycles. The number of carbonyl (C=O) groups is 3. The zero-order valence-corrected chi connectivity index (χ0v) is 37.5. The molecule has 22 heteroatoms. The van der Waals surface area contributed by atoms with Crippen LogP contribution in [0.15, 0.2) is 79.8 Å². The number of anilines is 2. The number of nitrogen functional groups attached to an aromatic ring is 2. The molecule has 0 saturated carbocycles. The number of rotatable bonds is 8. The molecule has 4 aromatic heterocycles. The maximum Gasteiger partial charge on any atom is 0.338 e. The monoisotopic (exact) mass is 920 g/mol. The van der Waals surface area contributed by atoms with Gasteiger partial charge in [-0.3, -0.25) is 43.5 Å². The lowest BCUT2D eigenvalue weighted by Gasteiger charge is -2.30. The fourth-order valence-electron chi connectivity index (χ4n) is 7.58. The van der Waals surface area contributed by atoms with Crippen LogP contribution in [0.4, 0.5) is 11.9 Å². The smallest absolute Gasteiger partial charge is 0.338 e. The van der Waals surface area contributed by atoms with Gasteiger partial charge in [-0.2, -0.15) is 9.97 Å². The van der Waals surface area contributed by atoms with Crippen LogP contribution in [0.2, 0.25) is 0 Å². The van der Waals surface area contributed by atoms with Crippen LogP contribution in [0.5, 0.6) is 0 Å². The highest BCUT2D eigenvalue weighted by atomic mass is 32.1. The van der Waals surface area contributed by atoms with Gasteiger partial charge in [-0.25, -0.2) is 9.59 Å². The highest BCUT2D eigenvalue weighted by molar-refractivity contribution is 7.16. The fraction of sp³-hybridized carbons (Fsp3) is 0.405. The van der Waals surface area contributed by atoms with Crippen molar-refractivity contribution in [2.24, 2.45) is 10.8 Å². The second kappa shape index (κ2) is 19.1. The molecular weight excluding hydrogens is 873 g/mol. The van der Waals surface area contributed by atoms with E-state index >= 15 is 0 Å². The molecule has 2 fully saturated rings. The predicted octanol–water partition coefficient (Wildman–Crippen LogP) is 4.48. The van der Waals surface area contributed by atoms with Gasteiger partial charge in [-0.1, -0.05) is 101 Å². The summed E-state index contributed by atoms with van der Waals surface area (Å²) in [5, 5.41) is 0. The van der Waals surface area contributed by atoms with Gasteiger partial charge in [-0.15, -0.1) is 0 Å². The molecule has 0 radical (unpaired) electrons. The van der Waals surface area contributed by atoms with Crippen molar-refractivity contribution in [1.82, 2.24) is 29.5 Å². The Bertz CT molecular complexity index is 2890. The third-order valence-corrected chi connectivity index (χ3v) is 12.6.